The Morgan fingerprint density at radius 2 is 1.86 bits per heavy atom. The van der Waals surface area contributed by atoms with Crippen molar-refractivity contribution in [3.63, 3.8) is 0 Å². The predicted molar refractivity (Wildman–Crippen MR) is 135 cm³/mol. The van der Waals surface area contributed by atoms with Crippen LogP contribution < -0.4 is 15.0 Å². The summed E-state index contributed by atoms with van der Waals surface area (Å²) in [4.78, 5) is 28.7. The molecule has 0 radical (unpaired) electrons. The van der Waals surface area contributed by atoms with E-state index < -0.39 is 0 Å². The van der Waals surface area contributed by atoms with E-state index >= 15 is 0 Å². The number of nitrogens with zero attached hydrogens (tertiary/aromatic N) is 4. The van der Waals surface area contributed by atoms with Gasteiger partial charge >= 0.3 is 0 Å². The first kappa shape index (κ1) is 23.0. The molecule has 2 aromatic heterocycles. The van der Waals surface area contributed by atoms with Crippen LogP contribution in [0.4, 0.5) is 0 Å². The summed E-state index contributed by atoms with van der Waals surface area (Å²) in [7, 11) is 3.22. The quantitative estimate of drug-likeness (QED) is 0.423. The van der Waals surface area contributed by atoms with Crippen LogP contribution in [0.3, 0.4) is 0 Å². The number of benzene rings is 2. The SMILES string of the molecule is CCCn1c2ccccc2c2cnn(CC(=O)N3CCc4cc(OC)c(OC)cc4[C@H]3C)c(=O)c21. The average molecular weight is 475 g/mol. The van der Waals surface area contributed by atoms with Crippen LogP contribution in [-0.4, -0.2) is 45.9 Å². The summed E-state index contributed by atoms with van der Waals surface area (Å²) in [6, 6.07) is 11.7. The van der Waals surface area contributed by atoms with Gasteiger partial charge in [-0.3, -0.25) is 9.59 Å². The van der Waals surface area contributed by atoms with Gasteiger partial charge < -0.3 is 18.9 Å². The fourth-order valence-corrected chi connectivity index (χ4v) is 5.27. The number of para-hydroxylation sites is 1. The third-order valence-electron chi connectivity index (χ3n) is 7.01. The molecule has 1 aliphatic heterocycles. The van der Waals surface area contributed by atoms with Crippen LogP contribution in [0.15, 0.2) is 47.4 Å². The Bertz CT molecular complexity index is 1490. The Morgan fingerprint density at radius 1 is 1.11 bits per heavy atom. The van der Waals surface area contributed by atoms with Crippen LogP contribution in [0.2, 0.25) is 0 Å². The molecule has 8 heteroatoms. The Kier molecular flexibility index (Phi) is 5.96. The van der Waals surface area contributed by atoms with Gasteiger partial charge in [0.1, 0.15) is 12.1 Å². The van der Waals surface area contributed by atoms with Crippen LogP contribution >= 0.6 is 0 Å². The average Bonchev–Trinajstić information content (AvgIpc) is 3.19. The number of rotatable bonds is 6. The molecule has 0 saturated carbocycles. The summed E-state index contributed by atoms with van der Waals surface area (Å²) in [5.74, 6) is 1.19. The molecule has 3 heterocycles. The minimum absolute atomic E-state index is 0.102. The highest BCUT2D eigenvalue weighted by molar-refractivity contribution is 6.07. The van der Waals surface area contributed by atoms with Crippen LogP contribution in [0.25, 0.3) is 21.8 Å². The van der Waals surface area contributed by atoms with E-state index in [1.807, 2.05) is 48.2 Å². The second-order valence-electron chi connectivity index (χ2n) is 8.96. The lowest BCUT2D eigenvalue weighted by atomic mass is 9.92. The Balaban J connectivity index is 1.48. The van der Waals surface area contributed by atoms with Crippen LogP contribution in [0.5, 0.6) is 11.5 Å². The lowest BCUT2D eigenvalue weighted by Crippen LogP contribution is -2.42. The zero-order valence-corrected chi connectivity index (χ0v) is 20.6. The molecular formula is C27H30N4O4. The highest BCUT2D eigenvalue weighted by Gasteiger charge is 2.30. The second-order valence-corrected chi connectivity index (χ2v) is 8.96. The first-order valence-corrected chi connectivity index (χ1v) is 12.0. The molecule has 0 fully saturated rings. The number of hydrogen-bond donors (Lipinski definition) is 0. The number of amides is 1. The molecular weight excluding hydrogens is 444 g/mol. The Labute approximate surface area is 203 Å². The fraction of sp³-hybridized carbons (Fsp3) is 0.370. The lowest BCUT2D eigenvalue weighted by molar-refractivity contribution is -0.134. The van der Waals surface area contributed by atoms with Crippen molar-refractivity contribution in [1.82, 2.24) is 19.2 Å². The summed E-state index contributed by atoms with van der Waals surface area (Å²) < 4.78 is 14.3. The zero-order chi connectivity index (χ0) is 24.7. The summed E-state index contributed by atoms with van der Waals surface area (Å²) >= 11 is 0. The van der Waals surface area contributed by atoms with Gasteiger partial charge in [0.05, 0.1) is 26.5 Å². The lowest BCUT2D eigenvalue weighted by Gasteiger charge is -2.35. The molecule has 0 unspecified atom stereocenters. The monoisotopic (exact) mass is 474 g/mol. The maximum Gasteiger partial charge on any atom is 0.291 e. The first-order valence-electron chi connectivity index (χ1n) is 12.0. The molecule has 1 atom stereocenters. The molecule has 0 bridgehead atoms. The molecule has 0 spiro atoms. The number of fused-ring (bicyclic) bond motifs is 4. The van der Waals surface area contributed by atoms with Gasteiger partial charge in [0.15, 0.2) is 11.5 Å². The topological polar surface area (TPSA) is 78.6 Å². The predicted octanol–water partition coefficient (Wildman–Crippen LogP) is 3.92. The third kappa shape index (κ3) is 3.73. The van der Waals surface area contributed by atoms with E-state index in [0.29, 0.717) is 30.0 Å². The van der Waals surface area contributed by atoms with Gasteiger partial charge in [0, 0.05) is 29.4 Å². The third-order valence-corrected chi connectivity index (χ3v) is 7.01. The number of hydrogen-bond acceptors (Lipinski definition) is 5. The van der Waals surface area contributed by atoms with E-state index in [0.717, 1.165) is 40.4 Å². The molecule has 0 N–H and O–H groups in total. The molecule has 35 heavy (non-hydrogen) atoms. The van der Waals surface area contributed by atoms with Crippen molar-refractivity contribution in [2.45, 2.75) is 45.8 Å². The number of methoxy groups -OCH3 is 2. The van der Waals surface area contributed by atoms with Gasteiger partial charge in [-0.15, -0.1) is 0 Å². The first-order chi connectivity index (χ1) is 17.0. The number of carbonyl (C=O) groups is 1. The van der Waals surface area contributed by atoms with Gasteiger partial charge in [0.2, 0.25) is 5.91 Å². The largest absolute Gasteiger partial charge is 0.493 e. The van der Waals surface area contributed by atoms with Crippen molar-refractivity contribution in [3.05, 3.63) is 64.1 Å². The van der Waals surface area contributed by atoms with Crippen molar-refractivity contribution in [2.75, 3.05) is 20.8 Å². The van der Waals surface area contributed by atoms with Crippen LogP contribution in [0.1, 0.15) is 37.4 Å². The Morgan fingerprint density at radius 3 is 2.60 bits per heavy atom. The van der Waals surface area contributed by atoms with Crippen molar-refractivity contribution < 1.29 is 14.3 Å². The molecule has 4 aromatic rings. The second kappa shape index (κ2) is 9.09. The van der Waals surface area contributed by atoms with E-state index in [9.17, 15) is 9.59 Å². The zero-order valence-electron chi connectivity index (χ0n) is 20.6. The van der Waals surface area contributed by atoms with Gasteiger partial charge in [0.25, 0.3) is 5.56 Å². The number of carbonyl (C=O) groups excluding carboxylic acids is 1. The van der Waals surface area contributed by atoms with E-state index in [-0.39, 0.29) is 24.1 Å². The fourth-order valence-electron chi connectivity index (χ4n) is 5.27. The van der Waals surface area contributed by atoms with E-state index in [1.165, 1.54) is 4.68 Å². The standard InChI is InChI=1S/C27H30N4O4/c1-5-11-30-22-9-7-6-8-19(22)21-15-28-31(27(33)26(21)30)16-25(32)29-12-10-18-13-23(34-3)24(35-4)14-20(18)17(29)2/h6-9,13-15,17H,5,10-12,16H2,1-4H3/t17-/m1/s1. The van der Waals surface area contributed by atoms with Gasteiger partial charge in [-0.05, 0) is 49.1 Å². The normalized spacial score (nSPS) is 15.4. The van der Waals surface area contributed by atoms with Crippen LogP contribution in [0, 0.1) is 0 Å². The maximum atomic E-state index is 13.5. The minimum atomic E-state index is -0.239. The molecule has 1 amide bonds. The molecule has 8 nitrogen and oxygen atoms in total. The highest BCUT2D eigenvalue weighted by atomic mass is 16.5. The molecule has 182 valence electrons. The van der Waals surface area contributed by atoms with Crippen molar-refractivity contribution in [1.29, 1.82) is 0 Å². The molecule has 0 saturated heterocycles. The van der Waals surface area contributed by atoms with Crippen LogP contribution in [-0.2, 0) is 24.3 Å². The maximum absolute atomic E-state index is 13.5. The number of aryl methyl sites for hydroxylation is 1. The smallest absolute Gasteiger partial charge is 0.291 e. The minimum Gasteiger partial charge on any atom is -0.493 e. The van der Waals surface area contributed by atoms with Gasteiger partial charge in [-0.2, -0.15) is 5.10 Å². The van der Waals surface area contributed by atoms with Gasteiger partial charge in [-0.1, -0.05) is 25.1 Å². The molecule has 0 aliphatic carbocycles. The van der Waals surface area contributed by atoms with E-state index in [2.05, 4.69) is 16.6 Å². The highest BCUT2D eigenvalue weighted by Crippen LogP contribution is 2.38. The van der Waals surface area contributed by atoms with E-state index in [4.69, 9.17) is 9.47 Å². The molecule has 1 aliphatic rings. The summed E-state index contributed by atoms with van der Waals surface area (Å²) in [6.07, 6.45) is 3.32. The number of ether oxygens (including phenoxy) is 2. The van der Waals surface area contributed by atoms with Crippen molar-refractivity contribution in [3.8, 4) is 11.5 Å². The summed E-state index contributed by atoms with van der Waals surface area (Å²) in [5.41, 5.74) is 3.54. The molecule has 2 aromatic carbocycles. The summed E-state index contributed by atoms with van der Waals surface area (Å²) in [5, 5.41) is 6.22. The Hall–Kier alpha value is -3.81. The van der Waals surface area contributed by atoms with E-state index in [1.54, 1.807) is 20.4 Å². The number of aromatic nitrogens is 3. The summed E-state index contributed by atoms with van der Waals surface area (Å²) in [6.45, 7) is 5.28. The van der Waals surface area contributed by atoms with Crippen molar-refractivity contribution in [2.24, 2.45) is 0 Å². The van der Waals surface area contributed by atoms with Gasteiger partial charge in [-0.25, -0.2) is 4.68 Å². The van der Waals surface area contributed by atoms with Crippen molar-refractivity contribution >= 4 is 27.7 Å². The molecule has 5 rings (SSSR count).